The summed E-state index contributed by atoms with van der Waals surface area (Å²) < 4.78 is 0. The molecule has 100 valence electrons. The average molecular weight is 245 g/mol. The van der Waals surface area contributed by atoms with Crippen molar-refractivity contribution < 1.29 is 0 Å². The molecule has 2 rings (SSSR count). The van der Waals surface area contributed by atoms with E-state index in [1.54, 1.807) is 0 Å². The molecule has 1 aliphatic carbocycles. The Kier molecular flexibility index (Phi) is 4.82. The Morgan fingerprint density at radius 1 is 1.06 bits per heavy atom. The minimum Gasteiger partial charge on any atom is -0.307 e. The highest BCUT2D eigenvalue weighted by Gasteiger charge is 2.21. The maximum atomic E-state index is 3.81. The summed E-state index contributed by atoms with van der Waals surface area (Å²) in [5, 5.41) is 3.81. The van der Waals surface area contributed by atoms with Crippen LogP contribution in [0.3, 0.4) is 0 Å². The third-order valence-corrected chi connectivity index (χ3v) is 4.52. The standard InChI is InChI=1S/C17H27N/c1-13-9-7-8-12-17(13)15(3)18-14(2)16-10-5-4-6-11-16/h7-9,12,14-16,18H,4-6,10-11H2,1-3H3/t14?,15-/m0/s1. The number of aryl methyl sites for hydroxylation is 1. The summed E-state index contributed by atoms with van der Waals surface area (Å²) in [6.07, 6.45) is 7.12. The molecule has 1 N–H and O–H groups in total. The zero-order valence-electron chi connectivity index (χ0n) is 12.1. The van der Waals surface area contributed by atoms with Crippen LogP contribution < -0.4 is 5.32 Å². The van der Waals surface area contributed by atoms with Gasteiger partial charge >= 0.3 is 0 Å². The second kappa shape index (κ2) is 6.38. The van der Waals surface area contributed by atoms with Crippen molar-refractivity contribution in [3.8, 4) is 0 Å². The molecule has 1 aromatic rings. The lowest BCUT2D eigenvalue weighted by Gasteiger charge is -2.31. The number of hydrogen-bond donors (Lipinski definition) is 1. The predicted molar refractivity (Wildman–Crippen MR) is 78.8 cm³/mol. The summed E-state index contributed by atoms with van der Waals surface area (Å²) in [4.78, 5) is 0. The first kappa shape index (κ1) is 13.6. The summed E-state index contributed by atoms with van der Waals surface area (Å²) in [7, 11) is 0. The van der Waals surface area contributed by atoms with Gasteiger partial charge in [0.2, 0.25) is 0 Å². The van der Waals surface area contributed by atoms with Gasteiger partial charge in [-0.25, -0.2) is 0 Å². The van der Waals surface area contributed by atoms with Gasteiger partial charge in [0, 0.05) is 12.1 Å². The van der Waals surface area contributed by atoms with Gasteiger partial charge in [-0.3, -0.25) is 0 Å². The van der Waals surface area contributed by atoms with E-state index in [9.17, 15) is 0 Å². The first-order valence-electron chi connectivity index (χ1n) is 7.50. The summed E-state index contributed by atoms with van der Waals surface area (Å²) in [5.74, 6) is 0.880. The van der Waals surface area contributed by atoms with E-state index in [4.69, 9.17) is 0 Å². The molecule has 1 aliphatic rings. The van der Waals surface area contributed by atoms with E-state index in [1.165, 1.54) is 43.2 Å². The van der Waals surface area contributed by atoms with Crippen LogP contribution in [0.5, 0.6) is 0 Å². The van der Waals surface area contributed by atoms with Gasteiger partial charge in [0.25, 0.3) is 0 Å². The van der Waals surface area contributed by atoms with Crippen molar-refractivity contribution in [2.75, 3.05) is 0 Å². The molecule has 0 heterocycles. The minimum absolute atomic E-state index is 0.461. The number of nitrogens with one attached hydrogen (secondary N) is 1. The van der Waals surface area contributed by atoms with Crippen LogP contribution in [0.15, 0.2) is 24.3 Å². The van der Waals surface area contributed by atoms with E-state index in [0.717, 1.165) is 5.92 Å². The van der Waals surface area contributed by atoms with Crippen LogP contribution in [0, 0.1) is 12.8 Å². The molecule has 0 aliphatic heterocycles. The molecule has 1 aromatic carbocycles. The highest BCUT2D eigenvalue weighted by molar-refractivity contribution is 5.28. The zero-order chi connectivity index (χ0) is 13.0. The maximum Gasteiger partial charge on any atom is 0.0296 e. The van der Waals surface area contributed by atoms with Gasteiger partial charge in [0.15, 0.2) is 0 Å². The van der Waals surface area contributed by atoms with Crippen LogP contribution >= 0.6 is 0 Å². The molecule has 0 spiro atoms. The summed E-state index contributed by atoms with van der Waals surface area (Å²) in [6.45, 7) is 6.87. The molecule has 1 saturated carbocycles. The van der Waals surface area contributed by atoms with Crippen LogP contribution in [0.25, 0.3) is 0 Å². The normalized spacial score (nSPS) is 20.6. The molecule has 0 saturated heterocycles. The second-order valence-corrected chi connectivity index (χ2v) is 5.93. The van der Waals surface area contributed by atoms with Gasteiger partial charge in [-0.05, 0) is 50.7 Å². The van der Waals surface area contributed by atoms with Crippen LogP contribution in [0.2, 0.25) is 0 Å². The summed E-state index contributed by atoms with van der Waals surface area (Å²) in [5.41, 5.74) is 2.84. The Morgan fingerprint density at radius 2 is 1.72 bits per heavy atom. The summed E-state index contributed by atoms with van der Waals surface area (Å²) >= 11 is 0. The maximum absolute atomic E-state index is 3.81. The van der Waals surface area contributed by atoms with Gasteiger partial charge in [-0.1, -0.05) is 43.5 Å². The third-order valence-electron chi connectivity index (χ3n) is 4.52. The Balaban J connectivity index is 1.94. The molecule has 0 radical (unpaired) electrons. The van der Waals surface area contributed by atoms with E-state index >= 15 is 0 Å². The molecule has 0 aromatic heterocycles. The zero-order valence-corrected chi connectivity index (χ0v) is 12.1. The molecular weight excluding hydrogens is 218 g/mol. The third kappa shape index (κ3) is 3.35. The fourth-order valence-electron chi connectivity index (χ4n) is 3.33. The summed E-state index contributed by atoms with van der Waals surface area (Å²) in [6, 6.07) is 9.82. The SMILES string of the molecule is Cc1ccccc1[C@H](C)NC(C)C1CCCCC1. The van der Waals surface area contributed by atoms with Gasteiger partial charge in [-0.2, -0.15) is 0 Å². The van der Waals surface area contributed by atoms with E-state index in [1.807, 2.05) is 0 Å². The fraction of sp³-hybridized carbons (Fsp3) is 0.647. The molecule has 1 heteroatoms. The first-order valence-corrected chi connectivity index (χ1v) is 7.50. The smallest absolute Gasteiger partial charge is 0.0296 e. The molecule has 1 nitrogen and oxygen atoms in total. The molecule has 0 amide bonds. The van der Waals surface area contributed by atoms with Crippen LogP contribution in [-0.2, 0) is 0 Å². The van der Waals surface area contributed by atoms with Crippen LogP contribution in [-0.4, -0.2) is 6.04 Å². The topological polar surface area (TPSA) is 12.0 Å². The Bertz CT molecular complexity index is 366. The van der Waals surface area contributed by atoms with Crippen molar-refractivity contribution in [1.29, 1.82) is 0 Å². The Hall–Kier alpha value is -0.820. The molecule has 18 heavy (non-hydrogen) atoms. The first-order chi connectivity index (χ1) is 8.68. The molecule has 0 bridgehead atoms. The van der Waals surface area contributed by atoms with Crippen molar-refractivity contribution in [3.63, 3.8) is 0 Å². The number of rotatable bonds is 4. The minimum atomic E-state index is 0.461. The van der Waals surface area contributed by atoms with Crippen molar-refractivity contribution in [2.45, 2.75) is 65.0 Å². The molecular formula is C17H27N. The molecule has 1 fully saturated rings. The van der Waals surface area contributed by atoms with Crippen molar-refractivity contribution in [1.82, 2.24) is 5.32 Å². The van der Waals surface area contributed by atoms with Crippen molar-refractivity contribution >= 4 is 0 Å². The highest BCUT2D eigenvalue weighted by Crippen LogP contribution is 2.28. The predicted octanol–water partition coefficient (Wildman–Crippen LogP) is 4.61. The molecule has 2 atom stereocenters. The second-order valence-electron chi connectivity index (χ2n) is 5.93. The monoisotopic (exact) mass is 245 g/mol. The van der Waals surface area contributed by atoms with Crippen molar-refractivity contribution in [3.05, 3.63) is 35.4 Å². The quantitative estimate of drug-likeness (QED) is 0.816. The van der Waals surface area contributed by atoms with E-state index in [2.05, 4.69) is 50.4 Å². The number of hydrogen-bond acceptors (Lipinski definition) is 1. The lowest BCUT2D eigenvalue weighted by molar-refractivity contribution is 0.268. The highest BCUT2D eigenvalue weighted by atomic mass is 14.9. The fourth-order valence-corrected chi connectivity index (χ4v) is 3.33. The Morgan fingerprint density at radius 3 is 2.39 bits per heavy atom. The van der Waals surface area contributed by atoms with Gasteiger partial charge in [-0.15, -0.1) is 0 Å². The van der Waals surface area contributed by atoms with E-state index < -0.39 is 0 Å². The largest absolute Gasteiger partial charge is 0.307 e. The van der Waals surface area contributed by atoms with Gasteiger partial charge in [0.1, 0.15) is 0 Å². The van der Waals surface area contributed by atoms with Crippen molar-refractivity contribution in [2.24, 2.45) is 5.92 Å². The van der Waals surface area contributed by atoms with Gasteiger partial charge < -0.3 is 5.32 Å². The molecule has 1 unspecified atom stereocenters. The van der Waals surface area contributed by atoms with Crippen LogP contribution in [0.4, 0.5) is 0 Å². The van der Waals surface area contributed by atoms with Crippen LogP contribution in [0.1, 0.15) is 63.1 Å². The lowest BCUT2D eigenvalue weighted by atomic mass is 9.84. The average Bonchev–Trinajstić information content (AvgIpc) is 2.40. The number of benzene rings is 1. The van der Waals surface area contributed by atoms with E-state index in [-0.39, 0.29) is 0 Å². The Labute approximate surface area is 112 Å². The van der Waals surface area contributed by atoms with Gasteiger partial charge in [0.05, 0.1) is 0 Å². The van der Waals surface area contributed by atoms with E-state index in [0.29, 0.717) is 12.1 Å². The lowest BCUT2D eigenvalue weighted by Crippen LogP contribution is -2.36.